The first kappa shape index (κ1) is 13.1. The quantitative estimate of drug-likeness (QED) is 0.508. The van der Waals surface area contributed by atoms with Crippen LogP contribution in [0.4, 0.5) is 5.69 Å². The Kier molecular flexibility index (Phi) is 4.41. The maximum Gasteiger partial charge on any atom is 0.337 e. The van der Waals surface area contributed by atoms with Gasteiger partial charge in [0.1, 0.15) is 5.84 Å². The number of hydrogen-bond donors (Lipinski definition) is 2. The molecule has 0 unspecified atom stereocenters. The monoisotopic (exact) mass is 280 g/mol. The molecular formula is C9H7Cl3N2O2. The van der Waals surface area contributed by atoms with Crippen molar-refractivity contribution >= 4 is 52.3 Å². The molecule has 0 aliphatic carbocycles. The molecule has 0 aromatic heterocycles. The number of nitrogens with two attached hydrogens (primary N) is 1. The smallest absolute Gasteiger partial charge is 0.337 e. The summed E-state index contributed by atoms with van der Waals surface area (Å²) in [5.74, 6) is -0.994. The first-order valence-corrected chi connectivity index (χ1v) is 5.36. The Morgan fingerprint density at radius 1 is 1.38 bits per heavy atom. The second kappa shape index (κ2) is 5.39. The van der Waals surface area contributed by atoms with Crippen molar-refractivity contribution in [2.75, 3.05) is 5.88 Å². The number of aliphatic imine (C=N–C) groups is 1. The zero-order chi connectivity index (χ0) is 12.3. The van der Waals surface area contributed by atoms with Crippen LogP contribution in [0.2, 0.25) is 10.0 Å². The summed E-state index contributed by atoms with van der Waals surface area (Å²) in [4.78, 5) is 14.7. The van der Waals surface area contributed by atoms with Crippen molar-refractivity contribution in [2.45, 2.75) is 0 Å². The third-order valence-electron chi connectivity index (χ3n) is 1.67. The number of aromatic carboxylic acids is 1. The Labute approximate surface area is 107 Å². The topological polar surface area (TPSA) is 75.7 Å². The highest BCUT2D eigenvalue weighted by molar-refractivity contribution is 6.38. The zero-order valence-corrected chi connectivity index (χ0v) is 10.1. The average molecular weight is 282 g/mol. The highest BCUT2D eigenvalue weighted by atomic mass is 35.5. The molecule has 86 valence electrons. The predicted molar refractivity (Wildman–Crippen MR) is 65.4 cm³/mol. The predicted octanol–water partition coefficient (Wildman–Crippen LogP) is 2.92. The number of hydrogen-bond acceptors (Lipinski definition) is 2. The number of nitrogens with zero attached hydrogens (tertiary/aromatic N) is 1. The molecule has 0 spiro atoms. The average Bonchev–Trinajstić information content (AvgIpc) is 2.21. The lowest BCUT2D eigenvalue weighted by atomic mass is 10.2. The lowest BCUT2D eigenvalue weighted by Crippen LogP contribution is -2.12. The van der Waals surface area contributed by atoms with Crippen LogP contribution in [0.5, 0.6) is 0 Å². The number of amidine groups is 1. The van der Waals surface area contributed by atoms with Gasteiger partial charge in [-0.2, -0.15) is 0 Å². The molecule has 0 saturated carbocycles. The second-order valence-corrected chi connectivity index (χ2v) is 3.91. The molecule has 4 nitrogen and oxygen atoms in total. The van der Waals surface area contributed by atoms with Crippen molar-refractivity contribution < 1.29 is 9.90 Å². The van der Waals surface area contributed by atoms with E-state index in [2.05, 4.69) is 4.99 Å². The molecule has 0 aliphatic heterocycles. The Morgan fingerprint density at radius 3 is 2.50 bits per heavy atom. The Balaban J connectivity index is 3.30. The summed E-state index contributed by atoms with van der Waals surface area (Å²) in [7, 11) is 0. The third kappa shape index (κ3) is 3.01. The van der Waals surface area contributed by atoms with Crippen LogP contribution in [0.1, 0.15) is 10.4 Å². The van der Waals surface area contributed by atoms with Gasteiger partial charge in [-0.3, -0.25) is 0 Å². The van der Waals surface area contributed by atoms with E-state index in [-0.39, 0.29) is 33.0 Å². The number of halogens is 3. The standard InChI is InChI=1S/C9H7Cl3N2O2/c10-3-8(13)14-7-1-4(9(15)16)5(11)2-6(7)12/h1-2H,3H2,(H2,13,14)(H,15,16). The lowest BCUT2D eigenvalue weighted by molar-refractivity contribution is 0.0697. The molecule has 7 heteroatoms. The van der Waals surface area contributed by atoms with Gasteiger partial charge in [-0.25, -0.2) is 9.79 Å². The summed E-state index contributed by atoms with van der Waals surface area (Å²) >= 11 is 17.0. The highest BCUT2D eigenvalue weighted by Gasteiger charge is 2.12. The number of alkyl halides is 1. The summed E-state index contributed by atoms with van der Waals surface area (Å²) in [6.07, 6.45) is 0. The first-order chi connectivity index (χ1) is 7.45. The fourth-order valence-electron chi connectivity index (χ4n) is 0.972. The molecule has 0 aliphatic rings. The molecule has 0 amide bonds. The van der Waals surface area contributed by atoms with Gasteiger partial charge in [0.15, 0.2) is 0 Å². The van der Waals surface area contributed by atoms with Crippen LogP contribution in [-0.2, 0) is 0 Å². The fraction of sp³-hybridized carbons (Fsp3) is 0.111. The number of rotatable bonds is 3. The lowest BCUT2D eigenvalue weighted by Gasteiger charge is -2.04. The second-order valence-electron chi connectivity index (χ2n) is 2.83. The maximum absolute atomic E-state index is 10.8. The van der Waals surface area contributed by atoms with Gasteiger partial charge >= 0.3 is 5.97 Å². The van der Waals surface area contributed by atoms with Crippen molar-refractivity contribution in [2.24, 2.45) is 10.7 Å². The van der Waals surface area contributed by atoms with Crippen molar-refractivity contribution in [3.63, 3.8) is 0 Å². The van der Waals surface area contributed by atoms with Crippen LogP contribution < -0.4 is 5.73 Å². The van der Waals surface area contributed by atoms with E-state index in [0.717, 1.165) is 0 Å². The van der Waals surface area contributed by atoms with Crippen LogP contribution >= 0.6 is 34.8 Å². The van der Waals surface area contributed by atoms with Crippen LogP contribution in [-0.4, -0.2) is 22.8 Å². The zero-order valence-electron chi connectivity index (χ0n) is 7.88. The minimum atomic E-state index is -1.16. The van der Waals surface area contributed by atoms with Gasteiger partial charge in [0, 0.05) is 0 Å². The molecule has 3 N–H and O–H groups in total. The van der Waals surface area contributed by atoms with E-state index in [9.17, 15) is 4.79 Å². The van der Waals surface area contributed by atoms with Crippen LogP contribution in [0.25, 0.3) is 0 Å². The van der Waals surface area contributed by atoms with Crippen molar-refractivity contribution in [1.29, 1.82) is 0 Å². The largest absolute Gasteiger partial charge is 0.478 e. The van der Waals surface area contributed by atoms with Gasteiger partial charge in [0.05, 0.1) is 27.2 Å². The Morgan fingerprint density at radius 2 is 2.00 bits per heavy atom. The molecule has 0 atom stereocenters. The van der Waals surface area contributed by atoms with E-state index in [1.807, 2.05) is 0 Å². The molecule has 0 bridgehead atoms. The van der Waals surface area contributed by atoms with Gasteiger partial charge < -0.3 is 10.8 Å². The van der Waals surface area contributed by atoms with Crippen molar-refractivity contribution in [3.05, 3.63) is 27.7 Å². The molecular weight excluding hydrogens is 274 g/mol. The van der Waals surface area contributed by atoms with Gasteiger partial charge in [-0.05, 0) is 12.1 Å². The summed E-state index contributed by atoms with van der Waals surface area (Å²) in [6, 6.07) is 2.54. The Bertz CT molecular complexity index is 460. The summed E-state index contributed by atoms with van der Waals surface area (Å²) in [6.45, 7) is 0. The van der Waals surface area contributed by atoms with E-state index >= 15 is 0 Å². The van der Waals surface area contributed by atoms with E-state index in [1.54, 1.807) is 0 Å². The first-order valence-electron chi connectivity index (χ1n) is 4.07. The molecule has 0 saturated heterocycles. The highest BCUT2D eigenvalue weighted by Crippen LogP contribution is 2.31. The summed E-state index contributed by atoms with van der Waals surface area (Å²) in [5, 5.41) is 9.09. The number of carbonyl (C=O) groups is 1. The number of carboxylic acids is 1. The molecule has 1 aromatic carbocycles. The molecule has 0 heterocycles. The minimum absolute atomic E-state index is 0.0291. The maximum atomic E-state index is 10.8. The van der Waals surface area contributed by atoms with Gasteiger partial charge in [-0.1, -0.05) is 23.2 Å². The molecule has 1 rings (SSSR count). The molecule has 0 fully saturated rings. The summed E-state index contributed by atoms with van der Waals surface area (Å²) < 4.78 is 0. The van der Waals surface area contributed by atoms with E-state index < -0.39 is 5.97 Å². The van der Waals surface area contributed by atoms with Crippen LogP contribution in [0.3, 0.4) is 0 Å². The van der Waals surface area contributed by atoms with E-state index in [4.69, 9.17) is 45.6 Å². The van der Waals surface area contributed by atoms with E-state index in [0.29, 0.717) is 0 Å². The molecule has 16 heavy (non-hydrogen) atoms. The molecule has 0 radical (unpaired) electrons. The van der Waals surface area contributed by atoms with Gasteiger partial charge in [0.25, 0.3) is 0 Å². The summed E-state index contributed by atoms with van der Waals surface area (Å²) in [5.41, 5.74) is 5.55. The Hall–Kier alpha value is -0.970. The molecule has 1 aromatic rings. The van der Waals surface area contributed by atoms with Gasteiger partial charge in [-0.15, -0.1) is 11.6 Å². The number of carboxylic acid groups (broad SMARTS) is 1. The number of benzene rings is 1. The SMILES string of the molecule is NC(CCl)=Nc1cc(C(=O)O)c(Cl)cc1Cl. The van der Waals surface area contributed by atoms with Crippen LogP contribution in [0, 0.1) is 0 Å². The van der Waals surface area contributed by atoms with Crippen molar-refractivity contribution in [3.8, 4) is 0 Å². The van der Waals surface area contributed by atoms with E-state index in [1.165, 1.54) is 12.1 Å². The van der Waals surface area contributed by atoms with Crippen LogP contribution in [0.15, 0.2) is 17.1 Å². The van der Waals surface area contributed by atoms with Crippen molar-refractivity contribution in [1.82, 2.24) is 0 Å². The minimum Gasteiger partial charge on any atom is -0.478 e. The van der Waals surface area contributed by atoms with Gasteiger partial charge in [0.2, 0.25) is 0 Å². The third-order valence-corrected chi connectivity index (χ3v) is 2.56. The normalized spacial score (nSPS) is 11.6. The fourth-order valence-corrected chi connectivity index (χ4v) is 1.54.